The van der Waals surface area contributed by atoms with Gasteiger partial charge in [0.15, 0.2) is 0 Å². The van der Waals surface area contributed by atoms with E-state index in [1.807, 2.05) is 0 Å². The molecular formula is C2H6O3S2. The molecule has 0 aromatic rings. The molecule has 0 fully saturated rings. The van der Waals surface area contributed by atoms with Crippen LogP contribution in [0.5, 0.6) is 0 Å². The number of aliphatic hydroxyl groups is 1. The lowest BCUT2D eigenvalue weighted by atomic mass is 10.9. The van der Waals surface area contributed by atoms with Gasteiger partial charge >= 0.3 is 0 Å². The zero-order valence-electron chi connectivity index (χ0n) is 3.53. The molecule has 0 aromatic heterocycles. The maximum Gasteiger partial charge on any atom is 0.143 e. The van der Waals surface area contributed by atoms with Crippen molar-refractivity contribution in [3.05, 3.63) is 0 Å². The molecule has 7 heavy (non-hydrogen) atoms. The fourth-order valence-corrected chi connectivity index (χ4v) is 0.570. The summed E-state index contributed by atoms with van der Waals surface area (Å²) in [6, 6.07) is 0. The van der Waals surface area contributed by atoms with Gasteiger partial charge in [0.1, 0.15) is 8.77 Å². The van der Waals surface area contributed by atoms with E-state index in [-0.39, 0.29) is 12.4 Å². The van der Waals surface area contributed by atoms with E-state index in [2.05, 4.69) is 11.2 Å². The van der Waals surface area contributed by atoms with Gasteiger partial charge in [0.2, 0.25) is 0 Å². The average molecular weight is 142 g/mol. The van der Waals surface area contributed by atoms with Crippen LogP contribution in [0.1, 0.15) is 0 Å². The summed E-state index contributed by atoms with van der Waals surface area (Å²) in [4.78, 5) is 0. The fraction of sp³-hybridized carbons (Fsp3) is 1.00. The van der Waals surface area contributed by atoms with Crippen LogP contribution in [0.4, 0.5) is 0 Å². The molecule has 0 radical (unpaired) electrons. The van der Waals surface area contributed by atoms with Crippen LogP contribution in [0.3, 0.4) is 0 Å². The standard InChI is InChI=1S/C2H6O3S2/c3-1-2-7(4,5)6/h3H,1-2H2,(H,4,5,6). The highest BCUT2D eigenvalue weighted by Crippen LogP contribution is 1.77. The highest BCUT2D eigenvalue weighted by molar-refractivity contribution is 8.29. The number of aliphatic hydroxyl groups excluding tert-OH is 1. The van der Waals surface area contributed by atoms with Crippen LogP contribution in [-0.4, -0.2) is 26.2 Å². The van der Waals surface area contributed by atoms with E-state index in [9.17, 15) is 4.21 Å². The van der Waals surface area contributed by atoms with Gasteiger partial charge in [0, 0.05) is 11.2 Å². The topological polar surface area (TPSA) is 57.5 Å². The second kappa shape index (κ2) is 2.56. The van der Waals surface area contributed by atoms with Gasteiger partial charge in [-0.1, -0.05) is 0 Å². The first-order chi connectivity index (χ1) is 3.06. The quantitative estimate of drug-likeness (QED) is 0.530. The molecule has 0 spiro atoms. The van der Waals surface area contributed by atoms with E-state index in [1.165, 1.54) is 0 Å². The van der Waals surface area contributed by atoms with Gasteiger partial charge in [-0.25, -0.2) is 4.21 Å². The minimum atomic E-state index is -3.09. The Kier molecular flexibility index (Phi) is 2.67. The van der Waals surface area contributed by atoms with Crippen molar-refractivity contribution < 1.29 is 13.9 Å². The van der Waals surface area contributed by atoms with Crippen LogP contribution in [0.15, 0.2) is 0 Å². The average Bonchev–Trinajstić information content (AvgIpc) is 1.30. The SMILES string of the molecule is O=S(O)(=S)CCO. The summed E-state index contributed by atoms with van der Waals surface area (Å²) in [5.41, 5.74) is 0. The maximum atomic E-state index is 10.00. The summed E-state index contributed by atoms with van der Waals surface area (Å²) in [6.45, 7) is -0.321. The van der Waals surface area contributed by atoms with Crippen molar-refractivity contribution in [2.75, 3.05) is 12.4 Å². The monoisotopic (exact) mass is 142 g/mol. The normalized spacial score (nSPS) is 18.6. The van der Waals surface area contributed by atoms with Gasteiger partial charge in [-0.05, 0) is 0 Å². The Balaban J connectivity index is 3.60. The number of hydrogen-bond acceptors (Lipinski definition) is 3. The minimum absolute atomic E-state index is 0.206. The molecule has 3 nitrogen and oxygen atoms in total. The molecule has 0 aliphatic carbocycles. The van der Waals surface area contributed by atoms with E-state index in [4.69, 9.17) is 9.66 Å². The molecule has 0 aliphatic rings. The summed E-state index contributed by atoms with van der Waals surface area (Å²) in [5, 5.41) is 8.00. The van der Waals surface area contributed by atoms with Gasteiger partial charge in [-0.3, -0.25) is 0 Å². The molecule has 0 bridgehead atoms. The van der Waals surface area contributed by atoms with Crippen molar-refractivity contribution >= 4 is 20.0 Å². The summed E-state index contributed by atoms with van der Waals surface area (Å²) >= 11 is 4.01. The predicted octanol–water partition coefficient (Wildman–Crippen LogP) is -0.802. The molecule has 0 aliphatic heterocycles. The Morgan fingerprint density at radius 1 is 1.71 bits per heavy atom. The lowest BCUT2D eigenvalue weighted by Gasteiger charge is -1.89. The van der Waals surface area contributed by atoms with Gasteiger partial charge in [-0.2, -0.15) is 0 Å². The number of rotatable bonds is 2. The first-order valence-corrected chi connectivity index (χ1v) is 4.23. The van der Waals surface area contributed by atoms with Crippen molar-refractivity contribution in [3.63, 3.8) is 0 Å². The first-order valence-electron chi connectivity index (χ1n) is 1.62. The maximum absolute atomic E-state index is 10.00. The molecule has 0 saturated heterocycles. The van der Waals surface area contributed by atoms with Crippen molar-refractivity contribution in [2.45, 2.75) is 0 Å². The summed E-state index contributed by atoms with van der Waals surface area (Å²) < 4.78 is 18.2. The van der Waals surface area contributed by atoms with Crippen LogP contribution >= 0.6 is 0 Å². The van der Waals surface area contributed by atoms with Gasteiger partial charge in [-0.15, -0.1) is 0 Å². The smallest absolute Gasteiger partial charge is 0.143 e. The molecule has 0 amide bonds. The second-order valence-electron chi connectivity index (χ2n) is 1.01. The molecule has 44 valence electrons. The Bertz CT molecular complexity index is 124. The lowest BCUT2D eigenvalue weighted by Crippen LogP contribution is -2.05. The van der Waals surface area contributed by atoms with Crippen LogP contribution < -0.4 is 0 Å². The Labute approximate surface area is 46.9 Å². The fourth-order valence-electron chi connectivity index (χ4n) is 0.115. The first kappa shape index (κ1) is 7.29. The van der Waals surface area contributed by atoms with Gasteiger partial charge < -0.3 is 9.66 Å². The van der Waals surface area contributed by atoms with Crippen molar-refractivity contribution in [1.82, 2.24) is 0 Å². The summed E-state index contributed by atoms with van der Waals surface area (Å²) in [6.07, 6.45) is 0. The second-order valence-corrected chi connectivity index (χ2v) is 4.14. The molecule has 1 unspecified atom stereocenters. The van der Waals surface area contributed by atoms with E-state index in [1.54, 1.807) is 0 Å². The number of hydrogen-bond donors (Lipinski definition) is 2. The molecule has 2 N–H and O–H groups in total. The van der Waals surface area contributed by atoms with E-state index < -0.39 is 8.77 Å². The zero-order chi connectivity index (χ0) is 5.91. The van der Waals surface area contributed by atoms with E-state index >= 15 is 0 Å². The summed E-state index contributed by atoms with van der Waals surface area (Å²) in [5.74, 6) is -0.206. The Hall–Kier alpha value is 0.290. The molecule has 0 saturated carbocycles. The molecule has 0 heterocycles. The van der Waals surface area contributed by atoms with Crippen LogP contribution in [0.2, 0.25) is 0 Å². The molecular weight excluding hydrogens is 136 g/mol. The predicted molar refractivity (Wildman–Crippen MR) is 30.1 cm³/mol. The highest BCUT2D eigenvalue weighted by Gasteiger charge is 1.94. The summed E-state index contributed by atoms with van der Waals surface area (Å²) in [7, 11) is -3.09. The lowest BCUT2D eigenvalue weighted by molar-refractivity contribution is 0.318. The van der Waals surface area contributed by atoms with Gasteiger partial charge in [0.05, 0.1) is 12.4 Å². The molecule has 5 heteroatoms. The molecule has 0 aromatic carbocycles. The Morgan fingerprint density at radius 3 is 2.14 bits per heavy atom. The third kappa shape index (κ3) is 6.29. The van der Waals surface area contributed by atoms with Crippen molar-refractivity contribution in [2.24, 2.45) is 0 Å². The molecule has 0 rings (SSSR count). The highest BCUT2D eigenvalue weighted by atomic mass is 32.8. The van der Waals surface area contributed by atoms with Crippen LogP contribution in [-0.2, 0) is 20.0 Å². The van der Waals surface area contributed by atoms with E-state index in [0.29, 0.717) is 0 Å². The largest absolute Gasteiger partial charge is 0.395 e. The van der Waals surface area contributed by atoms with Gasteiger partial charge in [0.25, 0.3) is 0 Å². The third-order valence-electron chi connectivity index (χ3n) is 0.349. The zero-order valence-corrected chi connectivity index (χ0v) is 5.17. The minimum Gasteiger partial charge on any atom is -0.395 e. The van der Waals surface area contributed by atoms with Crippen LogP contribution in [0, 0.1) is 0 Å². The molecule has 1 atom stereocenters. The Morgan fingerprint density at radius 2 is 2.14 bits per heavy atom. The van der Waals surface area contributed by atoms with Crippen LogP contribution in [0.25, 0.3) is 0 Å². The van der Waals surface area contributed by atoms with Crippen molar-refractivity contribution in [3.8, 4) is 0 Å². The van der Waals surface area contributed by atoms with E-state index in [0.717, 1.165) is 0 Å². The third-order valence-corrected chi connectivity index (χ3v) is 1.55. The van der Waals surface area contributed by atoms with Crippen molar-refractivity contribution in [1.29, 1.82) is 0 Å².